The van der Waals surface area contributed by atoms with Gasteiger partial charge in [-0.1, -0.05) is 0 Å². The normalized spacial score (nSPS) is 10.8. The Morgan fingerprint density at radius 1 is 1.37 bits per heavy atom. The zero-order chi connectivity index (χ0) is 13.4. The topological polar surface area (TPSA) is 42.8 Å². The van der Waals surface area contributed by atoms with E-state index >= 15 is 0 Å². The van der Waals surface area contributed by atoms with Crippen LogP contribution in [0.5, 0.6) is 5.75 Å². The highest BCUT2D eigenvalue weighted by Crippen LogP contribution is 2.28. The number of aromatic amines is 1. The molecule has 96 valence electrons. The zero-order valence-corrected chi connectivity index (χ0v) is 12.5. The van der Waals surface area contributed by atoms with Gasteiger partial charge in [-0.25, -0.2) is 4.98 Å². The lowest BCUT2D eigenvalue weighted by molar-refractivity contribution is 0.412. The lowest BCUT2D eigenvalue weighted by atomic mass is 10.3. The van der Waals surface area contributed by atoms with Crippen molar-refractivity contribution in [2.75, 3.05) is 7.11 Å². The van der Waals surface area contributed by atoms with Crippen LogP contribution in [0.4, 0.5) is 0 Å². The fraction of sp³-hybridized carbons (Fsp3) is 0.0769. The van der Waals surface area contributed by atoms with E-state index in [1.54, 1.807) is 13.3 Å². The van der Waals surface area contributed by atoms with E-state index in [2.05, 4.69) is 25.9 Å². The van der Waals surface area contributed by atoms with Crippen molar-refractivity contribution in [3.8, 4) is 11.4 Å². The molecule has 3 aromatic rings. The van der Waals surface area contributed by atoms with Crippen LogP contribution in [-0.2, 0) is 0 Å². The van der Waals surface area contributed by atoms with E-state index in [1.807, 2.05) is 34.9 Å². The van der Waals surface area contributed by atoms with Gasteiger partial charge in [0.2, 0.25) is 0 Å². The van der Waals surface area contributed by atoms with Gasteiger partial charge in [-0.15, -0.1) is 0 Å². The number of nitrogens with zero attached hydrogens (tertiary/aromatic N) is 2. The second-order valence-electron chi connectivity index (χ2n) is 3.96. The van der Waals surface area contributed by atoms with Crippen LogP contribution in [0.25, 0.3) is 16.9 Å². The van der Waals surface area contributed by atoms with Crippen molar-refractivity contribution >= 4 is 39.3 Å². The molecule has 0 bridgehead atoms. The van der Waals surface area contributed by atoms with Gasteiger partial charge in [0.15, 0.2) is 10.4 Å². The Kier molecular flexibility index (Phi) is 3.12. The molecule has 0 atom stereocenters. The second kappa shape index (κ2) is 4.79. The van der Waals surface area contributed by atoms with Crippen molar-refractivity contribution in [1.29, 1.82) is 0 Å². The summed E-state index contributed by atoms with van der Waals surface area (Å²) in [5, 5.41) is 0. The van der Waals surface area contributed by atoms with Gasteiger partial charge < -0.3 is 9.72 Å². The third-order valence-electron chi connectivity index (χ3n) is 2.84. The van der Waals surface area contributed by atoms with E-state index in [-0.39, 0.29) is 0 Å². The number of nitrogens with one attached hydrogen (secondary N) is 1. The van der Waals surface area contributed by atoms with Gasteiger partial charge in [-0.2, -0.15) is 0 Å². The molecule has 1 aromatic carbocycles. The molecule has 19 heavy (non-hydrogen) atoms. The van der Waals surface area contributed by atoms with Crippen molar-refractivity contribution in [2.24, 2.45) is 0 Å². The largest absolute Gasteiger partial charge is 0.495 e. The summed E-state index contributed by atoms with van der Waals surface area (Å²) in [6.45, 7) is 0. The van der Waals surface area contributed by atoms with Crippen LogP contribution >= 0.6 is 28.1 Å². The number of pyridine rings is 1. The monoisotopic (exact) mass is 335 g/mol. The molecule has 0 aliphatic heterocycles. The summed E-state index contributed by atoms with van der Waals surface area (Å²) in [5.41, 5.74) is 2.63. The SMILES string of the molecule is COc1cc(-n2c(=S)[nH]c3cccnc32)ccc1Br. The van der Waals surface area contributed by atoms with E-state index < -0.39 is 0 Å². The molecule has 0 radical (unpaired) electrons. The number of rotatable bonds is 2. The number of ether oxygens (including phenoxy) is 1. The van der Waals surface area contributed by atoms with Gasteiger partial charge in [0, 0.05) is 12.3 Å². The van der Waals surface area contributed by atoms with E-state index in [0.717, 1.165) is 27.1 Å². The number of H-pyrrole nitrogens is 1. The average molecular weight is 336 g/mol. The molecule has 6 heteroatoms. The Hall–Kier alpha value is -1.66. The van der Waals surface area contributed by atoms with Crippen LogP contribution in [0.1, 0.15) is 0 Å². The van der Waals surface area contributed by atoms with Crippen LogP contribution in [0.3, 0.4) is 0 Å². The minimum Gasteiger partial charge on any atom is -0.495 e. The van der Waals surface area contributed by atoms with Crippen LogP contribution in [-0.4, -0.2) is 21.6 Å². The van der Waals surface area contributed by atoms with Gasteiger partial charge in [0.25, 0.3) is 0 Å². The minimum absolute atomic E-state index is 0.609. The van der Waals surface area contributed by atoms with Gasteiger partial charge in [-0.3, -0.25) is 4.57 Å². The van der Waals surface area contributed by atoms with Crippen LogP contribution in [0.15, 0.2) is 41.0 Å². The smallest absolute Gasteiger partial charge is 0.184 e. The summed E-state index contributed by atoms with van der Waals surface area (Å²) in [6, 6.07) is 9.63. The molecule has 2 aromatic heterocycles. The Balaban J connectivity index is 2.30. The summed E-state index contributed by atoms with van der Waals surface area (Å²) in [6.07, 6.45) is 1.75. The third kappa shape index (κ3) is 2.06. The summed E-state index contributed by atoms with van der Waals surface area (Å²) >= 11 is 8.80. The summed E-state index contributed by atoms with van der Waals surface area (Å²) in [7, 11) is 1.64. The van der Waals surface area contributed by atoms with Crippen molar-refractivity contribution in [2.45, 2.75) is 0 Å². The van der Waals surface area contributed by atoms with Crippen molar-refractivity contribution in [3.05, 3.63) is 45.8 Å². The predicted molar refractivity (Wildman–Crippen MR) is 80.5 cm³/mol. The summed E-state index contributed by atoms with van der Waals surface area (Å²) in [5.74, 6) is 0.754. The van der Waals surface area contributed by atoms with Crippen LogP contribution in [0.2, 0.25) is 0 Å². The number of benzene rings is 1. The Morgan fingerprint density at radius 2 is 2.21 bits per heavy atom. The molecule has 0 fully saturated rings. The lowest BCUT2D eigenvalue weighted by Gasteiger charge is -2.08. The number of imidazole rings is 1. The van der Waals surface area contributed by atoms with Crippen molar-refractivity contribution in [1.82, 2.24) is 14.5 Å². The zero-order valence-electron chi connectivity index (χ0n) is 10.1. The first-order chi connectivity index (χ1) is 9.20. The maximum atomic E-state index is 5.36. The molecule has 0 spiro atoms. The predicted octanol–water partition coefficient (Wildman–Crippen LogP) is 3.85. The quantitative estimate of drug-likeness (QED) is 0.723. The van der Waals surface area contributed by atoms with E-state index in [9.17, 15) is 0 Å². The molecule has 0 saturated heterocycles. The molecular formula is C13H10BrN3OS. The fourth-order valence-corrected chi connectivity index (χ4v) is 2.68. The number of hydrogen-bond acceptors (Lipinski definition) is 3. The van der Waals surface area contributed by atoms with Crippen LogP contribution in [0, 0.1) is 4.77 Å². The summed E-state index contributed by atoms with van der Waals surface area (Å²) in [4.78, 5) is 7.51. The highest BCUT2D eigenvalue weighted by molar-refractivity contribution is 9.10. The number of methoxy groups -OCH3 is 1. The van der Waals surface area contributed by atoms with Gasteiger partial charge in [0.1, 0.15) is 5.75 Å². The molecule has 0 saturated carbocycles. The number of halogens is 1. The molecule has 0 amide bonds. The first-order valence-corrected chi connectivity index (χ1v) is 6.80. The Morgan fingerprint density at radius 3 is 3.00 bits per heavy atom. The number of fused-ring (bicyclic) bond motifs is 1. The second-order valence-corrected chi connectivity index (χ2v) is 5.20. The van der Waals surface area contributed by atoms with Gasteiger partial charge in [0.05, 0.1) is 22.8 Å². The first kappa shape index (κ1) is 12.4. The molecule has 0 aliphatic rings. The standard InChI is InChI=1S/C13H10BrN3OS/c1-18-11-7-8(4-5-9(11)14)17-12-10(16-13(17)19)3-2-6-15-12/h2-7H,1H3,(H,16,19). The van der Waals surface area contributed by atoms with Gasteiger partial charge >= 0.3 is 0 Å². The van der Waals surface area contributed by atoms with E-state index in [1.165, 1.54) is 0 Å². The summed E-state index contributed by atoms with van der Waals surface area (Å²) < 4.78 is 8.71. The molecule has 0 aliphatic carbocycles. The Labute approximate surface area is 123 Å². The highest BCUT2D eigenvalue weighted by atomic mass is 79.9. The Bertz CT molecular complexity index is 809. The minimum atomic E-state index is 0.609. The maximum absolute atomic E-state index is 5.36. The molecule has 0 unspecified atom stereocenters. The third-order valence-corrected chi connectivity index (χ3v) is 3.78. The molecule has 1 N–H and O–H groups in total. The highest BCUT2D eigenvalue weighted by Gasteiger charge is 2.09. The van der Waals surface area contributed by atoms with Crippen molar-refractivity contribution < 1.29 is 4.74 Å². The van der Waals surface area contributed by atoms with E-state index in [0.29, 0.717) is 4.77 Å². The number of hydrogen-bond donors (Lipinski definition) is 1. The lowest BCUT2D eigenvalue weighted by Crippen LogP contribution is -1.96. The van der Waals surface area contributed by atoms with E-state index in [4.69, 9.17) is 17.0 Å². The first-order valence-electron chi connectivity index (χ1n) is 5.60. The molecule has 3 rings (SSSR count). The molecule has 4 nitrogen and oxygen atoms in total. The number of aromatic nitrogens is 3. The fourth-order valence-electron chi connectivity index (χ4n) is 1.97. The van der Waals surface area contributed by atoms with Crippen molar-refractivity contribution in [3.63, 3.8) is 0 Å². The average Bonchev–Trinajstić information content (AvgIpc) is 2.75. The maximum Gasteiger partial charge on any atom is 0.184 e. The van der Waals surface area contributed by atoms with Crippen LogP contribution < -0.4 is 4.74 Å². The molecule has 2 heterocycles. The van der Waals surface area contributed by atoms with Gasteiger partial charge in [-0.05, 0) is 52.4 Å². The molecular weight excluding hydrogens is 326 g/mol.